The second kappa shape index (κ2) is 8.36. The fourth-order valence-corrected chi connectivity index (χ4v) is 4.20. The molecule has 1 aliphatic carbocycles. The van der Waals surface area contributed by atoms with E-state index in [1.54, 1.807) is 0 Å². The van der Waals surface area contributed by atoms with E-state index >= 15 is 0 Å². The summed E-state index contributed by atoms with van der Waals surface area (Å²) in [5, 5.41) is 0. The van der Waals surface area contributed by atoms with E-state index in [1.165, 1.54) is 11.1 Å². The molecule has 0 radical (unpaired) electrons. The number of carbonyl (C=O) groups excluding carboxylic acids is 1. The predicted octanol–water partition coefficient (Wildman–Crippen LogP) is 5.74. The van der Waals surface area contributed by atoms with Crippen LogP contribution in [0, 0.1) is 0 Å². The molecule has 1 aromatic heterocycles. The largest absolute Gasteiger partial charge is 0.303 e. The number of allylic oxidation sites excluding steroid dienone is 1. The number of aryl methyl sites for hydroxylation is 1. The van der Waals surface area contributed by atoms with Crippen LogP contribution in [-0.2, 0) is 23.5 Å². The van der Waals surface area contributed by atoms with E-state index in [0.717, 1.165) is 34.4 Å². The molecule has 136 valence electrons. The number of aromatic nitrogens is 1. The number of amides is 1. The van der Waals surface area contributed by atoms with Crippen molar-refractivity contribution >= 4 is 39.1 Å². The van der Waals surface area contributed by atoms with Crippen molar-refractivity contribution in [3.8, 4) is 0 Å². The predicted molar refractivity (Wildman–Crippen MR) is 111 cm³/mol. The molecule has 0 N–H and O–H groups in total. The number of halogens is 2. The van der Waals surface area contributed by atoms with E-state index in [9.17, 15) is 4.79 Å². The van der Waals surface area contributed by atoms with Gasteiger partial charge in [-0.15, -0.1) is 18.2 Å². The van der Waals surface area contributed by atoms with Crippen LogP contribution in [0.1, 0.15) is 48.3 Å². The lowest BCUT2D eigenvalue weighted by Gasteiger charge is -2.31. The van der Waals surface area contributed by atoms with Gasteiger partial charge in [0.15, 0.2) is 0 Å². The maximum Gasteiger partial charge on any atom is 0.227 e. The van der Waals surface area contributed by atoms with E-state index in [2.05, 4.69) is 39.6 Å². The standard InChI is InChI=1S/C21H22BrClN2O/c1-3-5-16-8-11-20(18(13-23)24-16)25(21(26)4-2)19-10-6-14-12-15(22)7-9-17(14)19/h3,7-9,11-12,19H,1,4-6,10,13H2,2H3. The van der Waals surface area contributed by atoms with Gasteiger partial charge < -0.3 is 4.90 Å². The van der Waals surface area contributed by atoms with E-state index in [1.807, 2.05) is 36.1 Å². The van der Waals surface area contributed by atoms with Gasteiger partial charge in [-0.25, -0.2) is 0 Å². The fourth-order valence-electron chi connectivity index (χ4n) is 3.60. The summed E-state index contributed by atoms with van der Waals surface area (Å²) in [5.41, 5.74) is 4.99. The number of hydrogen-bond donors (Lipinski definition) is 0. The first kappa shape index (κ1) is 19.1. The Morgan fingerprint density at radius 1 is 1.42 bits per heavy atom. The van der Waals surface area contributed by atoms with Gasteiger partial charge in [0.2, 0.25) is 5.91 Å². The Hall–Kier alpha value is -1.65. The van der Waals surface area contributed by atoms with Gasteiger partial charge in [0, 0.05) is 23.0 Å². The molecular formula is C21H22BrClN2O. The van der Waals surface area contributed by atoms with Crippen LogP contribution in [0.5, 0.6) is 0 Å². The summed E-state index contributed by atoms with van der Waals surface area (Å²) in [6.45, 7) is 5.66. The number of anilines is 1. The van der Waals surface area contributed by atoms with Crippen molar-refractivity contribution in [3.05, 3.63) is 70.0 Å². The molecule has 0 saturated heterocycles. The molecule has 0 bridgehead atoms. The van der Waals surface area contributed by atoms with Crippen molar-refractivity contribution in [1.29, 1.82) is 0 Å². The smallest absolute Gasteiger partial charge is 0.227 e. The maximum atomic E-state index is 12.9. The quantitative estimate of drug-likeness (QED) is 0.430. The molecule has 0 fully saturated rings. The lowest BCUT2D eigenvalue weighted by molar-refractivity contribution is -0.118. The lowest BCUT2D eigenvalue weighted by atomic mass is 10.0. The zero-order valence-corrected chi connectivity index (χ0v) is 17.2. The number of benzene rings is 1. The normalized spacial score (nSPS) is 15.6. The Morgan fingerprint density at radius 3 is 2.92 bits per heavy atom. The van der Waals surface area contributed by atoms with E-state index in [4.69, 9.17) is 11.6 Å². The molecule has 26 heavy (non-hydrogen) atoms. The SMILES string of the molecule is C=CCc1ccc(N(C(=O)CC)C2CCc3cc(Br)ccc32)c(CCl)n1. The number of nitrogens with zero attached hydrogens (tertiary/aromatic N) is 2. The van der Waals surface area contributed by atoms with Gasteiger partial charge in [-0.1, -0.05) is 35.0 Å². The molecule has 1 aromatic carbocycles. The summed E-state index contributed by atoms with van der Waals surface area (Å²) >= 11 is 9.73. The third kappa shape index (κ3) is 3.72. The van der Waals surface area contributed by atoms with E-state index in [-0.39, 0.29) is 17.8 Å². The van der Waals surface area contributed by atoms with E-state index in [0.29, 0.717) is 12.8 Å². The van der Waals surface area contributed by atoms with Crippen LogP contribution in [0.4, 0.5) is 5.69 Å². The molecule has 3 rings (SSSR count). The van der Waals surface area contributed by atoms with Gasteiger partial charge in [0.25, 0.3) is 0 Å². The van der Waals surface area contributed by atoms with Gasteiger partial charge >= 0.3 is 0 Å². The number of hydrogen-bond acceptors (Lipinski definition) is 2. The van der Waals surface area contributed by atoms with Gasteiger partial charge in [-0.05, 0) is 48.2 Å². The Kier molecular flexibility index (Phi) is 6.15. The molecule has 1 atom stereocenters. The van der Waals surface area contributed by atoms with Crippen LogP contribution in [0.3, 0.4) is 0 Å². The Morgan fingerprint density at radius 2 is 2.23 bits per heavy atom. The molecule has 1 amide bonds. The van der Waals surface area contributed by atoms with Crippen molar-refractivity contribution < 1.29 is 4.79 Å². The van der Waals surface area contributed by atoms with Crippen LogP contribution in [0.25, 0.3) is 0 Å². The first-order valence-electron chi connectivity index (χ1n) is 8.85. The van der Waals surface area contributed by atoms with Gasteiger partial charge in [-0.3, -0.25) is 9.78 Å². The Bertz CT molecular complexity index is 837. The third-order valence-electron chi connectivity index (χ3n) is 4.78. The van der Waals surface area contributed by atoms with Crippen molar-refractivity contribution in [2.24, 2.45) is 0 Å². The molecule has 2 aromatic rings. The topological polar surface area (TPSA) is 33.2 Å². The minimum Gasteiger partial charge on any atom is -0.303 e. The molecule has 3 nitrogen and oxygen atoms in total. The summed E-state index contributed by atoms with van der Waals surface area (Å²) in [6, 6.07) is 10.3. The van der Waals surface area contributed by atoms with Crippen molar-refractivity contribution in [3.63, 3.8) is 0 Å². The molecule has 1 heterocycles. The zero-order chi connectivity index (χ0) is 18.7. The third-order valence-corrected chi connectivity index (χ3v) is 5.53. The highest BCUT2D eigenvalue weighted by Gasteiger charge is 2.33. The zero-order valence-electron chi connectivity index (χ0n) is 14.8. The second-order valence-electron chi connectivity index (χ2n) is 6.41. The fraction of sp³-hybridized carbons (Fsp3) is 0.333. The second-order valence-corrected chi connectivity index (χ2v) is 7.59. The summed E-state index contributed by atoms with van der Waals surface area (Å²) in [4.78, 5) is 19.4. The van der Waals surface area contributed by atoms with Gasteiger partial charge in [-0.2, -0.15) is 0 Å². The molecule has 0 spiro atoms. The first-order valence-corrected chi connectivity index (χ1v) is 10.2. The number of alkyl halides is 1. The van der Waals surface area contributed by atoms with Gasteiger partial charge in [0.05, 0.1) is 23.3 Å². The minimum atomic E-state index is 0.0274. The van der Waals surface area contributed by atoms with Gasteiger partial charge in [0.1, 0.15) is 0 Å². The average molecular weight is 434 g/mol. The molecule has 0 saturated carbocycles. The van der Waals surface area contributed by atoms with Crippen molar-refractivity contribution in [2.75, 3.05) is 4.90 Å². The number of fused-ring (bicyclic) bond motifs is 1. The van der Waals surface area contributed by atoms with E-state index < -0.39 is 0 Å². The molecule has 5 heteroatoms. The summed E-state index contributed by atoms with van der Waals surface area (Å²) in [5.74, 6) is 0.365. The van der Waals surface area contributed by atoms with Crippen molar-refractivity contribution in [2.45, 2.75) is 44.5 Å². The minimum absolute atomic E-state index is 0.0274. The number of carbonyl (C=O) groups is 1. The highest BCUT2D eigenvalue weighted by atomic mass is 79.9. The molecular weight excluding hydrogens is 412 g/mol. The average Bonchev–Trinajstić information content (AvgIpc) is 3.05. The van der Waals surface area contributed by atoms with Crippen LogP contribution in [0.2, 0.25) is 0 Å². The molecule has 1 aliphatic rings. The van der Waals surface area contributed by atoms with Crippen LogP contribution in [-0.4, -0.2) is 10.9 Å². The monoisotopic (exact) mass is 432 g/mol. The maximum absolute atomic E-state index is 12.9. The molecule has 1 unspecified atom stereocenters. The Labute approximate surface area is 168 Å². The number of pyridine rings is 1. The lowest BCUT2D eigenvalue weighted by Crippen LogP contribution is -2.34. The highest BCUT2D eigenvalue weighted by Crippen LogP contribution is 2.40. The summed E-state index contributed by atoms with van der Waals surface area (Å²) in [6.07, 6.45) is 4.82. The van der Waals surface area contributed by atoms with Crippen LogP contribution >= 0.6 is 27.5 Å². The molecule has 0 aliphatic heterocycles. The van der Waals surface area contributed by atoms with Crippen molar-refractivity contribution in [1.82, 2.24) is 4.98 Å². The summed E-state index contributed by atoms with van der Waals surface area (Å²) < 4.78 is 1.07. The van der Waals surface area contributed by atoms with Crippen LogP contribution < -0.4 is 4.90 Å². The first-order chi connectivity index (χ1) is 12.6. The number of rotatable bonds is 6. The van der Waals surface area contributed by atoms with Crippen LogP contribution in [0.15, 0.2) is 47.5 Å². The highest BCUT2D eigenvalue weighted by molar-refractivity contribution is 9.10. The Balaban J connectivity index is 2.06. The summed E-state index contributed by atoms with van der Waals surface area (Å²) in [7, 11) is 0.